The molecule has 5 aliphatic carbocycles. The van der Waals surface area contributed by atoms with E-state index in [9.17, 15) is 5.11 Å². The molecule has 1 saturated heterocycles. The van der Waals surface area contributed by atoms with Crippen LogP contribution in [0.2, 0.25) is 0 Å². The summed E-state index contributed by atoms with van der Waals surface area (Å²) in [4.78, 5) is 2.84. The Labute approximate surface area is 191 Å². The van der Waals surface area contributed by atoms with Gasteiger partial charge in [0.05, 0.1) is 12.7 Å². The molecule has 0 aromatic heterocycles. The number of hydrogen-bond acceptors (Lipinski definition) is 5. The second-order valence-corrected chi connectivity index (χ2v) is 12.2. The van der Waals surface area contributed by atoms with Gasteiger partial charge in [-0.15, -0.1) is 0 Å². The van der Waals surface area contributed by atoms with Gasteiger partial charge in [0.2, 0.25) is 0 Å². The van der Waals surface area contributed by atoms with Crippen LogP contribution in [0.25, 0.3) is 0 Å². The summed E-state index contributed by atoms with van der Waals surface area (Å²) in [5.41, 5.74) is 1.69. The lowest BCUT2D eigenvalue weighted by molar-refractivity contribution is -0.300. The molecule has 6 atom stereocenters. The van der Waals surface area contributed by atoms with Crippen molar-refractivity contribution in [2.75, 3.05) is 27.3 Å². The topological polar surface area (TPSA) is 51.2 Å². The Morgan fingerprint density at radius 3 is 2.69 bits per heavy atom. The highest BCUT2D eigenvalue weighted by molar-refractivity contribution is 5.63. The first kappa shape index (κ1) is 20.1. The average Bonchev–Trinajstić information content (AvgIpc) is 3.51. The highest BCUT2D eigenvalue weighted by Crippen LogP contribution is 2.77. The second kappa shape index (κ2) is 6.03. The number of nitrogens with zero attached hydrogens (tertiary/aromatic N) is 1. The van der Waals surface area contributed by atoms with Crippen molar-refractivity contribution < 1.29 is 19.3 Å². The van der Waals surface area contributed by atoms with Crippen molar-refractivity contribution in [3.8, 4) is 11.5 Å². The maximum atomic E-state index is 11.4. The standard InChI is InChI=1S/C27H37NO4/c1-24(2,29)19-14-25-9-10-27(19,31-4)23-26(25)11-12-28(15-16-5-6-16)20(25)13-17-7-8-18(30-3)22(32-23)21(17)26/h7-8,16,19-20,23,29H,5-6,9-15H2,1-4H3/t19-,20-,23-,25-,26+,27-/m1/s1. The zero-order chi connectivity index (χ0) is 22.1. The first-order valence-electron chi connectivity index (χ1n) is 12.7. The van der Waals surface area contributed by atoms with Crippen molar-refractivity contribution in [2.45, 2.75) is 87.6 Å². The maximum Gasteiger partial charge on any atom is 0.165 e. The lowest BCUT2D eigenvalue weighted by atomic mass is 9.34. The van der Waals surface area contributed by atoms with Crippen LogP contribution in [0.15, 0.2) is 12.1 Å². The molecule has 5 fully saturated rings. The normalized spacial score (nSPS) is 43.7. The predicted molar refractivity (Wildman–Crippen MR) is 121 cm³/mol. The molecule has 0 radical (unpaired) electrons. The molecule has 8 rings (SSSR count). The molecule has 2 spiro atoms. The summed E-state index contributed by atoms with van der Waals surface area (Å²) in [6.07, 6.45) is 8.09. The van der Waals surface area contributed by atoms with Gasteiger partial charge >= 0.3 is 0 Å². The van der Waals surface area contributed by atoms with Crippen molar-refractivity contribution in [1.82, 2.24) is 4.90 Å². The molecule has 2 aliphatic heterocycles. The van der Waals surface area contributed by atoms with E-state index in [1.54, 1.807) is 7.11 Å². The Morgan fingerprint density at radius 2 is 2.00 bits per heavy atom. The molecule has 4 saturated carbocycles. The third-order valence-electron chi connectivity index (χ3n) is 10.7. The van der Waals surface area contributed by atoms with Gasteiger partial charge in [-0.1, -0.05) is 6.07 Å². The Kier molecular flexibility index (Phi) is 3.79. The number of methoxy groups -OCH3 is 2. The van der Waals surface area contributed by atoms with Gasteiger partial charge in [-0.25, -0.2) is 0 Å². The van der Waals surface area contributed by atoms with E-state index in [-0.39, 0.29) is 22.9 Å². The summed E-state index contributed by atoms with van der Waals surface area (Å²) < 4.78 is 19.3. The van der Waals surface area contributed by atoms with E-state index >= 15 is 0 Å². The predicted octanol–water partition coefficient (Wildman–Crippen LogP) is 3.69. The van der Waals surface area contributed by atoms with Crippen LogP contribution in [-0.2, 0) is 16.6 Å². The summed E-state index contributed by atoms with van der Waals surface area (Å²) in [5, 5.41) is 11.4. The molecule has 5 heteroatoms. The Balaban J connectivity index is 1.49. The third kappa shape index (κ3) is 2.09. The highest BCUT2D eigenvalue weighted by Gasteiger charge is 2.81. The van der Waals surface area contributed by atoms with Gasteiger partial charge in [-0.2, -0.15) is 0 Å². The summed E-state index contributed by atoms with van der Waals surface area (Å²) in [6.45, 7) is 6.36. The van der Waals surface area contributed by atoms with Crippen LogP contribution >= 0.6 is 0 Å². The van der Waals surface area contributed by atoms with Crippen LogP contribution < -0.4 is 9.47 Å². The first-order chi connectivity index (χ1) is 15.3. The van der Waals surface area contributed by atoms with Gasteiger partial charge in [0, 0.05) is 42.0 Å². The molecule has 0 amide bonds. The molecule has 1 aromatic carbocycles. The van der Waals surface area contributed by atoms with Crippen LogP contribution in [0.4, 0.5) is 0 Å². The molecule has 2 heterocycles. The Morgan fingerprint density at radius 1 is 1.19 bits per heavy atom. The minimum absolute atomic E-state index is 0.0365. The monoisotopic (exact) mass is 439 g/mol. The molecular weight excluding hydrogens is 402 g/mol. The Hall–Kier alpha value is -1.30. The van der Waals surface area contributed by atoms with Gasteiger partial charge in [-0.05, 0) is 82.9 Å². The number of aliphatic hydroxyl groups is 1. The molecule has 7 aliphatic rings. The molecule has 4 bridgehead atoms. The van der Waals surface area contributed by atoms with Crippen LogP contribution in [-0.4, -0.2) is 60.7 Å². The third-order valence-corrected chi connectivity index (χ3v) is 10.7. The zero-order valence-corrected chi connectivity index (χ0v) is 19.9. The number of hydrogen-bond donors (Lipinski definition) is 1. The molecule has 174 valence electrons. The van der Waals surface area contributed by atoms with E-state index in [2.05, 4.69) is 17.0 Å². The summed E-state index contributed by atoms with van der Waals surface area (Å²) >= 11 is 0. The largest absolute Gasteiger partial charge is 0.493 e. The highest BCUT2D eigenvalue weighted by atomic mass is 16.6. The van der Waals surface area contributed by atoms with Gasteiger partial charge in [0.15, 0.2) is 11.5 Å². The second-order valence-electron chi connectivity index (χ2n) is 12.2. The fourth-order valence-corrected chi connectivity index (χ4v) is 9.38. The number of benzene rings is 1. The molecule has 32 heavy (non-hydrogen) atoms. The van der Waals surface area contributed by atoms with Crippen molar-refractivity contribution in [3.63, 3.8) is 0 Å². The maximum absolute atomic E-state index is 11.4. The van der Waals surface area contributed by atoms with Crippen LogP contribution in [0.3, 0.4) is 0 Å². The fourth-order valence-electron chi connectivity index (χ4n) is 9.38. The van der Waals surface area contributed by atoms with Gasteiger partial charge in [0.25, 0.3) is 0 Å². The fraction of sp³-hybridized carbons (Fsp3) is 0.778. The molecule has 1 N–H and O–H groups in total. The lowest BCUT2D eigenvalue weighted by Gasteiger charge is -2.75. The van der Waals surface area contributed by atoms with E-state index < -0.39 is 11.2 Å². The summed E-state index contributed by atoms with van der Waals surface area (Å²) in [5.74, 6) is 2.76. The lowest BCUT2D eigenvalue weighted by Crippen LogP contribution is -2.82. The quantitative estimate of drug-likeness (QED) is 0.758. The van der Waals surface area contributed by atoms with Crippen LogP contribution in [0.1, 0.15) is 63.5 Å². The van der Waals surface area contributed by atoms with Crippen molar-refractivity contribution in [3.05, 3.63) is 23.3 Å². The van der Waals surface area contributed by atoms with E-state index in [1.165, 1.54) is 30.5 Å². The number of piperidine rings is 1. The van der Waals surface area contributed by atoms with Crippen molar-refractivity contribution in [2.24, 2.45) is 17.3 Å². The molecular formula is C27H37NO4. The van der Waals surface area contributed by atoms with Gasteiger partial charge in [0.1, 0.15) is 11.7 Å². The van der Waals surface area contributed by atoms with Gasteiger partial charge < -0.3 is 19.3 Å². The SMILES string of the molecule is COc1ccc2c3c1O[C@H]1[C@@]4(OC)CC[C@@]5(C[C@@H]4C(C)(C)O)[C@@H](C2)N(CC2CC2)CC[C@]315. The molecule has 0 unspecified atom stereocenters. The van der Waals surface area contributed by atoms with Crippen molar-refractivity contribution in [1.29, 1.82) is 0 Å². The smallest absolute Gasteiger partial charge is 0.165 e. The van der Waals surface area contributed by atoms with Crippen LogP contribution in [0.5, 0.6) is 11.5 Å². The number of rotatable bonds is 5. The number of fused-ring (bicyclic) bond motifs is 2. The minimum atomic E-state index is -0.816. The summed E-state index contributed by atoms with van der Waals surface area (Å²) in [6, 6.07) is 4.94. The van der Waals surface area contributed by atoms with E-state index in [0.717, 1.165) is 56.1 Å². The van der Waals surface area contributed by atoms with Gasteiger partial charge in [-0.3, -0.25) is 4.90 Å². The molecule has 1 aromatic rings. The number of likely N-dealkylation sites (tertiary alicyclic amines) is 1. The Bertz CT molecular complexity index is 983. The van der Waals surface area contributed by atoms with Crippen molar-refractivity contribution >= 4 is 0 Å². The molecule has 5 nitrogen and oxygen atoms in total. The van der Waals surface area contributed by atoms with E-state index in [0.29, 0.717) is 6.04 Å². The summed E-state index contributed by atoms with van der Waals surface area (Å²) in [7, 11) is 3.60. The van der Waals surface area contributed by atoms with E-state index in [4.69, 9.17) is 14.2 Å². The first-order valence-corrected chi connectivity index (χ1v) is 12.7. The average molecular weight is 440 g/mol. The zero-order valence-electron chi connectivity index (χ0n) is 19.9. The van der Waals surface area contributed by atoms with Crippen LogP contribution in [0, 0.1) is 17.3 Å². The van der Waals surface area contributed by atoms with E-state index in [1.807, 2.05) is 21.0 Å². The number of ether oxygens (including phenoxy) is 3. The minimum Gasteiger partial charge on any atom is -0.493 e.